The number of ether oxygens (including phenoxy) is 1. The van der Waals surface area contributed by atoms with Gasteiger partial charge >= 0.3 is 6.01 Å². The molecule has 0 saturated heterocycles. The molecule has 0 fully saturated rings. The van der Waals surface area contributed by atoms with Gasteiger partial charge in [-0.2, -0.15) is 9.97 Å². The Hall–Kier alpha value is -4.16. The Balaban J connectivity index is 0.000000277. The van der Waals surface area contributed by atoms with Gasteiger partial charge < -0.3 is 16.2 Å². The third-order valence-electron chi connectivity index (χ3n) is 5.78. The molecule has 1 heterocycles. The number of nitrogens with two attached hydrogens (primary N) is 2. The second-order valence-corrected chi connectivity index (χ2v) is 8.45. The van der Waals surface area contributed by atoms with Crippen molar-refractivity contribution in [2.75, 3.05) is 0 Å². The Morgan fingerprint density at radius 2 is 1.49 bits per heavy atom. The monoisotopic (exact) mass is 515 g/mol. The molecule has 2 aromatic carbocycles. The van der Waals surface area contributed by atoms with Gasteiger partial charge in [-0.05, 0) is 30.0 Å². The van der Waals surface area contributed by atoms with Crippen molar-refractivity contribution < 1.29 is 4.74 Å². The molecule has 1 atom stereocenters. The van der Waals surface area contributed by atoms with E-state index in [4.69, 9.17) is 16.2 Å². The third-order valence-corrected chi connectivity index (χ3v) is 5.78. The number of benzene rings is 2. The van der Waals surface area contributed by atoms with Crippen molar-refractivity contribution in [1.29, 1.82) is 0 Å². The van der Waals surface area contributed by atoms with E-state index < -0.39 is 0 Å². The molecule has 3 aromatic rings. The van der Waals surface area contributed by atoms with Gasteiger partial charge in [-0.3, -0.25) is 0 Å². The van der Waals surface area contributed by atoms with Crippen LogP contribution in [0.2, 0.25) is 0 Å². The fourth-order valence-corrected chi connectivity index (χ4v) is 4.17. The summed E-state index contributed by atoms with van der Waals surface area (Å²) in [4.78, 5) is 11.4. The maximum Gasteiger partial charge on any atom is 0.319 e. The van der Waals surface area contributed by atoms with Crippen LogP contribution in [-0.4, -0.2) is 15.0 Å². The van der Waals surface area contributed by atoms with Gasteiger partial charge in [0.2, 0.25) is 0 Å². The summed E-state index contributed by atoms with van der Waals surface area (Å²) in [5.74, 6) is 0.0796. The molecule has 0 radical (unpaired) electrons. The highest BCUT2D eigenvalue weighted by Gasteiger charge is 2.37. The highest BCUT2D eigenvalue weighted by Crippen LogP contribution is 2.44. The summed E-state index contributed by atoms with van der Waals surface area (Å²) in [6, 6.07) is 20.4. The Kier molecular flexibility index (Phi) is 11.8. The Morgan fingerprint density at radius 1 is 0.892 bits per heavy atom. The molecule has 0 amide bonds. The average molecular weight is 516 g/mol. The molecule has 1 aliphatic rings. The van der Waals surface area contributed by atoms with E-state index >= 15 is 0 Å². The second-order valence-electron chi connectivity index (χ2n) is 8.45. The molecule has 37 heavy (non-hydrogen) atoms. The third kappa shape index (κ3) is 8.78. The molecular formula is C30H34ClN5O. The van der Waals surface area contributed by atoms with Crippen molar-refractivity contribution in [3.05, 3.63) is 139 Å². The fraction of sp³-hybridized carbons (Fsp3) is 0.167. The largest absolute Gasteiger partial charge is 0.459 e. The van der Waals surface area contributed by atoms with E-state index in [9.17, 15) is 0 Å². The predicted molar refractivity (Wildman–Crippen MR) is 153 cm³/mol. The standard InChI is InChI=1S/C20H24N2.C10H9N3O.ClH/c1-3-12-20(13-4-2)15-17(21)14-19(22)18(20)11-10-16-8-6-5-7-9-16;1-2-4-9(5-3-1)6-14-10-12-7-11-8-13-10;/h3-11,14-15,18H,1-2,12-13,21-22H2;1-5,7-8H,6H2;1H. The van der Waals surface area contributed by atoms with Gasteiger partial charge in [-0.1, -0.05) is 91.0 Å². The van der Waals surface area contributed by atoms with Crippen molar-refractivity contribution in [3.63, 3.8) is 0 Å². The summed E-state index contributed by atoms with van der Waals surface area (Å²) >= 11 is 0. The first-order valence-corrected chi connectivity index (χ1v) is 11.8. The van der Waals surface area contributed by atoms with Crippen LogP contribution in [0.4, 0.5) is 0 Å². The number of halogens is 1. The quantitative estimate of drug-likeness (QED) is 0.338. The summed E-state index contributed by atoms with van der Waals surface area (Å²) in [6.07, 6.45) is 16.5. The molecule has 0 aliphatic heterocycles. The number of aromatic nitrogens is 3. The number of hydrogen-bond acceptors (Lipinski definition) is 6. The Labute approximate surface area is 225 Å². The van der Waals surface area contributed by atoms with E-state index in [0.29, 0.717) is 18.3 Å². The number of rotatable bonds is 9. The topological polar surface area (TPSA) is 99.9 Å². The van der Waals surface area contributed by atoms with Crippen LogP contribution in [0.1, 0.15) is 24.0 Å². The first-order chi connectivity index (χ1) is 17.6. The van der Waals surface area contributed by atoms with Crippen LogP contribution in [0.15, 0.2) is 128 Å². The fourth-order valence-electron chi connectivity index (χ4n) is 4.17. The molecule has 192 valence electrons. The van der Waals surface area contributed by atoms with Gasteiger partial charge in [-0.15, -0.1) is 25.6 Å². The van der Waals surface area contributed by atoms with Crippen LogP contribution in [0, 0.1) is 11.3 Å². The summed E-state index contributed by atoms with van der Waals surface area (Å²) in [5.41, 5.74) is 15.9. The van der Waals surface area contributed by atoms with Crippen molar-refractivity contribution >= 4 is 18.5 Å². The lowest BCUT2D eigenvalue weighted by Crippen LogP contribution is -2.34. The SMILES string of the molecule is C=CCC1(CC=C)C=C(N)C=C(N)C1C=Cc1ccccc1.Cl.c1ccc(COc2ncncn2)cc1. The van der Waals surface area contributed by atoms with Crippen molar-refractivity contribution in [1.82, 2.24) is 15.0 Å². The number of nitrogens with zero attached hydrogens (tertiary/aromatic N) is 3. The lowest BCUT2D eigenvalue weighted by Gasteiger charge is -2.39. The van der Waals surface area contributed by atoms with Crippen LogP contribution in [0.5, 0.6) is 6.01 Å². The summed E-state index contributed by atoms with van der Waals surface area (Å²) in [7, 11) is 0. The Bertz CT molecular complexity index is 1140. The molecule has 4 rings (SSSR count). The predicted octanol–water partition coefficient (Wildman–Crippen LogP) is 6.03. The lowest BCUT2D eigenvalue weighted by atomic mass is 9.66. The van der Waals surface area contributed by atoms with Gasteiger partial charge in [0.1, 0.15) is 19.3 Å². The van der Waals surface area contributed by atoms with Gasteiger partial charge in [0.15, 0.2) is 0 Å². The van der Waals surface area contributed by atoms with Gasteiger partial charge in [0.05, 0.1) is 0 Å². The van der Waals surface area contributed by atoms with Gasteiger partial charge in [-0.25, -0.2) is 4.98 Å². The summed E-state index contributed by atoms with van der Waals surface area (Å²) in [5, 5.41) is 0. The van der Waals surface area contributed by atoms with Crippen molar-refractivity contribution in [2.45, 2.75) is 19.4 Å². The summed E-state index contributed by atoms with van der Waals surface area (Å²) in [6.45, 7) is 8.27. The zero-order valence-electron chi connectivity index (χ0n) is 20.8. The second kappa shape index (κ2) is 15.1. The smallest absolute Gasteiger partial charge is 0.319 e. The molecule has 1 aliphatic carbocycles. The minimum atomic E-state index is -0.183. The molecule has 7 heteroatoms. The van der Waals surface area contributed by atoms with Gasteiger partial charge in [0.25, 0.3) is 0 Å². The minimum absolute atomic E-state index is 0. The van der Waals surface area contributed by atoms with E-state index in [0.717, 1.165) is 29.7 Å². The Morgan fingerprint density at radius 3 is 2.08 bits per heavy atom. The van der Waals surface area contributed by atoms with Gasteiger partial charge in [0, 0.05) is 22.7 Å². The highest BCUT2D eigenvalue weighted by atomic mass is 35.5. The molecule has 1 aromatic heterocycles. The maximum atomic E-state index is 6.29. The van der Waals surface area contributed by atoms with E-state index in [1.54, 1.807) is 0 Å². The normalized spacial score (nSPS) is 15.7. The van der Waals surface area contributed by atoms with Crippen molar-refractivity contribution in [2.24, 2.45) is 22.8 Å². The summed E-state index contributed by atoms with van der Waals surface area (Å²) < 4.78 is 5.33. The number of hydrogen-bond donors (Lipinski definition) is 2. The van der Waals surface area contributed by atoms with Crippen LogP contribution in [0.25, 0.3) is 6.08 Å². The first kappa shape index (κ1) is 29.1. The van der Waals surface area contributed by atoms with Crippen LogP contribution < -0.4 is 16.2 Å². The minimum Gasteiger partial charge on any atom is -0.459 e. The van der Waals surface area contributed by atoms with E-state index in [1.807, 2.05) is 66.8 Å². The van der Waals surface area contributed by atoms with E-state index in [2.05, 4.69) is 58.5 Å². The molecule has 6 nitrogen and oxygen atoms in total. The molecule has 0 bridgehead atoms. The van der Waals surface area contributed by atoms with Crippen LogP contribution >= 0.6 is 12.4 Å². The van der Waals surface area contributed by atoms with Crippen molar-refractivity contribution in [3.8, 4) is 6.01 Å². The lowest BCUT2D eigenvalue weighted by molar-refractivity contribution is 0.279. The maximum absolute atomic E-state index is 6.29. The molecule has 0 spiro atoms. The van der Waals surface area contributed by atoms with Crippen LogP contribution in [0.3, 0.4) is 0 Å². The molecule has 1 unspecified atom stereocenters. The highest BCUT2D eigenvalue weighted by molar-refractivity contribution is 5.85. The van der Waals surface area contributed by atoms with E-state index in [1.165, 1.54) is 12.7 Å². The molecule has 0 saturated carbocycles. The zero-order valence-corrected chi connectivity index (χ0v) is 21.6. The molecule has 4 N–H and O–H groups in total. The van der Waals surface area contributed by atoms with Crippen LogP contribution in [-0.2, 0) is 6.61 Å². The first-order valence-electron chi connectivity index (χ1n) is 11.8. The molecular weight excluding hydrogens is 482 g/mol. The van der Waals surface area contributed by atoms with E-state index in [-0.39, 0.29) is 23.7 Å². The zero-order chi connectivity index (χ0) is 25.6. The average Bonchev–Trinajstić information content (AvgIpc) is 2.89. The number of allylic oxidation sites excluding steroid dienone is 5.